The van der Waals surface area contributed by atoms with Crippen molar-refractivity contribution in [3.05, 3.63) is 40.4 Å². The molecule has 2 heterocycles. The Bertz CT molecular complexity index is 660. The smallest absolute Gasteiger partial charge is 0.258 e. The SMILES string of the molecule is O=c1cc(CNC2CCCCC2)nc2c(O)cccn12. The predicted octanol–water partition coefficient (Wildman–Crippen LogP) is 1.82. The number of fused-ring (bicyclic) bond motifs is 1. The van der Waals surface area contributed by atoms with E-state index in [1.54, 1.807) is 18.3 Å². The minimum Gasteiger partial charge on any atom is -0.504 e. The molecule has 0 bridgehead atoms. The van der Waals surface area contributed by atoms with Crippen molar-refractivity contribution in [3.8, 4) is 5.75 Å². The maximum atomic E-state index is 12.0. The molecule has 0 unspecified atom stereocenters. The number of rotatable bonds is 3. The lowest BCUT2D eigenvalue weighted by atomic mass is 9.95. The van der Waals surface area contributed by atoms with Crippen molar-refractivity contribution in [2.45, 2.75) is 44.7 Å². The van der Waals surface area contributed by atoms with Crippen LogP contribution in [0.25, 0.3) is 5.65 Å². The van der Waals surface area contributed by atoms with Crippen LogP contribution in [0.3, 0.4) is 0 Å². The minimum atomic E-state index is -0.161. The first kappa shape index (κ1) is 13.1. The third kappa shape index (κ3) is 2.67. The second-order valence-electron chi connectivity index (χ2n) is 5.39. The summed E-state index contributed by atoms with van der Waals surface area (Å²) in [7, 11) is 0. The summed E-state index contributed by atoms with van der Waals surface area (Å²) in [4.78, 5) is 16.4. The van der Waals surface area contributed by atoms with Crippen molar-refractivity contribution in [1.29, 1.82) is 0 Å². The summed E-state index contributed by atoms with van der Waals surface area (Å²) < 4.78 is 1.36. The molecule has 0 saturated heterocycles. The second kappa shape index (κ2) is 5.63. The van der Waals surface area contributed by atoms with E-state index in [0.29, 0.717) is 23.9 Å². The maximum Gasteiger partial charge on any atom is 0.258 e. The average Bonchev–Trinajstić information content (AvgIpc) is 2.47. The lowest BCUT2D eigenvalue weighted by Crippen LogP contribution is -2.31. The molecule has 1 aliphatic carbocycles. The highest BCUT2D eigenvalue weighted by Crippen LogP contribution is 2.18. The van der Waals surface area contributed by atoms with Gasteiger partial charge >= 0.3 is 0 Å². The van der Waals surface area contributed by atoms with E-state index in [0.717, 1.165) is 0 Å². The Morgan fingerprint density at radius 2 is 2.15 bits per heavy atom. The number of hydrogen-bond donors (Lipinski definition) is 2. The van der Waals surface area contributed by atoms with Crippen LogP contribution in [0, 0.1) is 0 Å². The van der Waals surface area contributed by atoms with Crippen LogP contribution in [0.2, 0.25) is 0 Å². The third-order valence-corrected chi connectivity index (χ3v) is 3.90. The quantitative estimate of drug-likeness (QED) is 0.895. The first-order valence-corrected chi connectivity index (χ1v) is 7.18. The molecule has 1 saturated carbocycles. The molecule has 0 aromatic carbocycles. The monoisotopic (exact) mass is 273 g/mol. The minimum absolute atomic E-state index is 0.0316. The van der Waals surface area contributed by atoms with Gasteiger partial charge in [-0.15, -0.1) is 0 Å². The number of hydrogen-bond acceptors (Lipinski definition) is 4. The van der Waals surface area contributed by atoms with Crippen LogP contribution in [-0.4, -0.2) is 20.5 Å². The van der Waals surface area contributed by atoms with Crippen LogP contribution in [0.4, 0.5) is 0 Å². The van der Waals surface area contributed by atoms with Gasteiger partial charge in [-0.25, -0.2) is 4.98 Å². The van der Waals surface area contributed by atoms with E-state index in [2.05, 4.69) is 10.3 Å². The summed E-state index contributed by atoms with van der Waals surface area (Å²) in [5, 5.41) is 13.3. The van der Waals surface area contributed by atoms with Gasteiger partial charge in [0.15, 0.2) is 11.4 Å². The lowest BCUT2D eigenvalue weighted by molar-refractivity contribution is 0.371. The maximum absolute atomic E-state index is 12.0. The molecular formula is C15H19N3O2. The molecule has 20 heavy (non-hydrogen) atoms. The van der Waals surface area contributed by atoms with Gasteiger partial charge in [-0.3, -0.25) is 9.20 Å². The Balaban J connectivity index is 1.81. The first-order chi connectivity index (χ1) is 9.74. The van der Waals surface area contributed by atoms with Crippen LogP contribution < -0.4 is 10.9 Å². The van der Waals surface area contributed by atoms with Gasteiger partial charge in [0.05, 0.1) is 5.69 Å². The standard InChI is InChI=1S/C15H19N3O2/c19-13-7-4-8-18-14(20)9-12(17-15(13)18)10-16-11-5-2-1-3-6-11/h4,7-9,11,16,19H,1-3,5-6,10H2. The molecule has 0 atom stereocenters. The molecule has 106 valence electrons. The number of aromatic nitrogens is 2. The number of aromatic hydroxyl groups is 1. The zero-order valence-corrected chi connectivity index (χ0v) is 11.4. The van der Waals surface area contributed by atoms with Crippen molar-refractivity contribution in [2.75, 3.05) is 0 Å². The Morgan fingerprint density at radius 3 is 2.95 bits per heavy atom. The molecule has 1 aliphatic rings. The van der Waals surface area contributed by atoms with Crippen molar-refractivity contribution >= 4 is 5.65 Å². The van der Waals surface area contributed by atoms with E-state index in [4.69, 9.17) is 0 Å². The van der Waals surface area contributed by atoms with Crippen molar-refractivity contribution < 1.29 is 5.11 Å². The molecule has 5 heteroatoms. The van der Waals surface area contributed by atoms with E-state index in [1.165, 1.54) is 42.6 Å². The van der Waals surface area contributed by atoms with Crippen molar-refractivity contribution in [1.82, 2.24) is 14.7 Å². The van der Waals surface area contributed by atoms with E-state index >= 15 is 0 Å². The van der Waals surface area contributed by atoms with Gasteiger partial charge in [0.1, 0.15) is 0 Å². The molecule has 2 aromatic heterocycles. The topological polar surface area (TPSA) is 66.6 Å². The molecule has 0 aliphatic heterocycles. The van der Waals surface area contributed by atoms with Crippen LogP contribution in [0.5, 0.6) is 5.75 Å². The van der Waals surface area contributed by atoms with Gasteiger partial charge in [0.2, 0.25) is 0 Å². The Morgan fingerprint density at radius 1 is 1.35 bits per heavy atom. The fraction of sp³-hybridized carbons (Fsp3) is 0.467. The molecular weight excluding hydrogens is 254 g/mol. The molecule has 2 aromatic rings. The van der Waals surface area contributed by atoms with Gasteiger partial charge < -0.3 is 10.4 Å². The summed E-state index contributed by atoms with van der Waals surface area (Å²) in [6.07, 6.45) is 7.86. The van der Waals surface area contributed by atoms with E-state index in [9.17, 15) is 9.90 Å². The fourth-order valence-corrected chi connectivity index (χ4v) is 2.80. The zero-order chi connectivity index (χ0) is 13.9. The van der Waals surface area contributed by atoms with Crippen molar-refractivity contribution in [2.24, 2.45) is 0 Å². The molecule has 2 N–H and O–H groups in total. The van der Waals surface area contributed by atoms with Gasteiger partial charge in [-0.2, -0.15) is 0 Å². The third-order valence-electron chi connectivity index (χ3n) is 3.90. The van der Waals surface area contributed by atoms with E-state index < -0.39 is 0 Å². The number of pyridine rings is 1. The molecule has 0 spiro atoms. The van der Waals surface area contributed by atoms with Crippen LogP contribution in [0.15, 0.2) is 29.2 Å². The molecule has 5 nitrogen and oxygen atoms in total. The zero-order valence-electron chi connectivity index (χ0n) is 11.4. The second-order valence-corrected chi connectivity index (χ2v) is 5.39. The molecule has 0 amide bonds. The summed E-state index contributed by atoms with van der Waals surface area (Å²) in [5.41, 5.74) is 0.842. The summed E-state index contributed by atoms with van der Waals surface area (Å²) in [6, 6.07) is 5.22. The summed E-state index contributed by atoms with van der Waals surface area (Å²) in [6.45, 7) is 0.574. The van der Waals surface area contributed by atoms with Crippen LogP contribution >= 0.6 is 0 Å². The molecule has 3 rings (SSSR count). The highest BCUT2D eigenvalue weighted by atomic mass is 16.3. The summed E-state index contributed by atoms with van der Waals surface area (Å²) in [5.74, 6) is 0.0316. The van der Waals surface area contributed by atoms with Gasteiger partial charge in [-0.05, 0) is 25.0 Å². The molecule has 0 radical (unpaired) electrons. The number of nitrogens with zero attached hydrogens (tertiary/aromatic N) is 2. The largest absolute Gasteiger partial charge is 0.504 e. The highest BCUT2D eigenvalue weighted by Gasteiger charge is 2.13. The normalized spacial score (nSPS) is 16.6. The Hall–Kier alpha value is -1.88. The molecule has 1 fully saturated rings. The van der Waals surface area contributed by atoms with Crippen LogP contribution in [-0.2, 0) is 6.54 Å². The predicted molar refractivity (Wildman–Crippen MR) is 76.8 cm³/mol. The Kier molecular flexibility index (Phi) is 3.69. The fourth-order valence-electron chi connectivity index (χ4n) is 2.80. The Labute approximate surface area is 117 Å². The van der Waals surface area contributed by atoms with Gasteiger partial charge in [-0.1, -0.05) is 19.3 Å². The highest BCUT2D eigenvalue weighted by molar-refractivity contribution is 5.52. The lowest BCUT2D eigenvalue weighted by Gasteiger charge is -2.22. The van der Waals surface area contributed by atoms with Crippen molar-refractivity contribution in [3.63, 3.8) is 0 Å². The van der Waals surface area contributed by atoms with Gasteiger partial charge in [0, 0.05) is 24.8 Å². The first-order valence-electron chi connectivity index (χ1n) is 7.18. The van der Waals surface area contributed by atoms with E-state index in [1.807, 2.05) is 0 Å². The average molecular weight is 273 g/mol. The van der Waals surface area contributed by atoms with Gasteiger partial charge in [0.25, 0.3) is 5.56 Å². The van der Waals surface area contributed by atoms with Crippen LogP contribution in [0.1, 0.15) is 37.8 Å². The van der Waals surface area contributed by atoms with E-state index in [-0.39, 0.29) is 11.3 Å². The number of nitrogens with one attached hydrogen (secondary N) is 1. The summed E-state index contributed by atoms with van der Waals surface area (Å²) >= 11 is 0.